The molecule has 0 aliphatic rings. The second-order valence-corrected chi connectivity index (χ2v) is 25.7. The van der Waals surface area contributed by atoms with Crippen LogP contribution in [0.5, 0.6) is 0 Å². The maximum Gasteiger partial charge on any atom is 0.357 e. The Morgan fingerprint density at radius 2 is 0.660 bits per heavy atom. The Hall–Kier alpha value is -15.0. The van der Waals surface area contributed by atoms with Crippen molar-refractivity contribution in [3.63, 3.8) is 0 Å². The van der Waals surface area contributed by atoms with Gasteiger partial charge in [0.2, 0.25) is 0 Å². The number of fused-ring (bicyclic) bond motifs is 10. The molecule has 0 aliphatic carbocycles. The lowest BCUT2D eigenvalue weighted by atomic mass is 9.97. The smallest absolute Gasteiger partial charge is 0.357 e. The van der Waals surface area contributed by atoms with Crippen LogP contribution >= 0.6 is 0 Å². The van der Waals surface area contributed by atoms with Crippen LogP contribution in [0.25, 0.3) is 202 Å². The molecule has 0 bridgehead atoms. The minimum Gasteiger partial charge on any atom is -0.456 e. The molecule has 0 spiro atoms. The molecule has 17 heteroatoms. The van der Waals surface area contributed by atoms with Crippen LogP contribution in [0, 0.1) is 0 Å². The second kappa shape index (κ2) is 25.0. The van der Waals surface area contributed by atoms with Gasteiger partial charge in [-0.2, -0.15) is 9.97 Å². The van der Waals surface area contributed by atoms with Gasteiger partial charge >= 0.3 is 11.4 Å². The van der Waals surface area contributed by atoms with Gasteiger partial charge in [-0.05, 0) is 107 Å². The minimum atomic E-state index is -0.551. The molecule has 8 heterocycles. The summed E-state index contributed by atoms with van der Waals surface area (Å²) < 4.78 is 16.2. The topological polar surface area (TPSA) is 211 Å². The zero-order chi connectivity index (χ0) is 70.3. The largest absolute Gasteiger partial charge is 0.456 e. The molecule has 0 saturated carbocycles. The van der Waals surface area contributed by atoms with Crippen molar-refractivity contribution in [1.29, 1.82) is 0 Å². The third-order valence-electron chi connectivity index (χ3n) is 19.2. The molecule has 0 unspecified atom stereocenters. The first-order valence-electron chi connectivity index (χ1n) is 34.4. The van der Waals surface area contributed by atoms with Crippen molar-refractivity contribution < 1.29 is 8.83 Å². The summed E-state index contributed by atoms with van der Waals surface area (Å²) in [5.41, 5.74) is 15.3. The highest BCUT2D eigenvalue weighted by Gasteiger charge is 2.24. The van der Waals surface area contributed by atoms with E-state index in [1.165, 1.54) is 8.80 Å². The summed E-state index contributed by atoms with van der Waals surface area (Å²) in [6.45, 7) is 0. The van der Waals surface area contributed by atoms with Crippen LogP contribution < -0.4 is 11.4 Å². The number of hydrogen-bond donors (Lipinski definition) is 0. The van der Waals surface area contributed by atoms with Crippen LogP contribution in [0.1, 0.15) is 0 Å². The Labute approximate surface area is 601 Å². The number of benzene rings is 12. The van der Waals surface area contributed by atoms with Crippen molar-refractivity contribution >= 4 is 66.1 Å². The van der Waals surface area contributed by atoms with Gasteiger partial charge in [0.15, 0.2) is 63.7 Å². The third-order valence-corrected chi connectivity index (χ3v) is 19.2. The van der Waals surface area contributed by atoms with E-state index in [1.54, 1.807) is 6.20 Å². The van der Waals surface area contributed by atoms with E-state index < -0.39 is 11.4 Å². The molecule has 17 nitrogen and oxygen atoms in total. The van der Waals surface area contributed by atoms with Gasteiger partial charge in [-0.15, -0.1) is 0 Å². The molecule has 0 saturated heterocycles. The summed E-state index contributed by atoms with van der Waals surface area (Å²) in [6.07, 6.45) is 1.69. The zero-order valence-electron chi connectivity index (χ0n) is 55.9. The van der Waals surface area contributed by atoms with Crippen LogP contribution in [-0.2, 0) is 0 Å². The van der Waals surface area contributed by atoms with Gasteiger partial charge in [0.05, 0.1) is 5.52 Å². The lowest BCUT2D eigenvalue weighted by molar-refractivity contribution is 0.668. The Bertz CT molecular complexity index is 7030. The van der Waals surface area contributed by atoms with Crippen LogP contribution in [-0.4, -0.2) is 63.6 Å². The number of hydrogen-bond acceptors (Lipinski definition) is 15. The molecule has 0 fully saturated rings. The monoisotopic (exact) mass is 1370 g/mol. The molecule has 12 aromatic carbocycles. The molecule has 20 rings (SSSR count). The van der Waals surface area contributed by atoms with Gasteiger partial charge in [-0.25, -0.2) is 58.8 Å². The van der Waals surface area contributed by atoms with E-state index in [-0.39, 0.29) is 5.82 Å². The zero-order valence-corrected chi connectivity index (χ0v) is 55.9. The van der Waals surface area contributed by atoms with Crippen LogP contribution in [0.3, 0.4) is 0 Å². The highest BCUT2D eigenvalue weighted by molar-refractivity contribution is 6.15. The lowest BCUT2D eigenvalue weighted by Crippen LogP contribution is -2.22. The van der Waals surface area contributed by atoms with Crippen molar-refractivity contribution in [2.45, 2.75) is 0 Å². The summed E-state index contributed by atoms with van der Waals surface area (Å²) in [7, 11) is 0. The van der Waals surface area contributed by atoms with Gasteiger partial charge in [0.25, 0.3) is 0 Å². The Morgan fingerprint density at radius 1 is 0.236 bits per heavy atom. The molecule has 0 amide bonds. The number of nitrogens with zero attached hydrogens (tertiary/aromatic N) is 13. The average molecular weight is 1370 g/mol. The molecule has 496 valence electrons. The van der Waals surface area contributed by atoms with E-state index >= 15 is 0 Å². The van der Waals surface area contributed by atoms with E-state index in [1.807, 2.05) is 273 Å². The van der Waals surface area contributed by atoms with Crippen LogP contribution in [0.4, 0.5) is 0 Å². The molecule has 8 aromatic heterocycles. The predicted molar refractivity (Wildman–Crippen MR) is 414 cm³/mol. The molecular formula is C89H51N13O4. The third kappa shape index (κ3) is 10.7. The standard InChI is InChI=1S/C89H51N13O4/c103-88-99-80(55-27-11-4-12-28-55)97-86-65(38-20-46-101(86)88)64-36-18-40-72-75(64)69-50-59(43-45-71(69)105-72)58-31-17-33-61(49-58)82-93-77(52-21-5-1-6-22-52)92-81(94-82)60-32-15-29-56(47-60)57-30-16-34-62(48-57)83-98-87-66-35-13-14-39-70(66)90-85(102(87)89(104)100-83)63-42-44-67-74(51-63)106-73-41-19-37-68(76(67)73)84-95-78(53-23-7-2-8-24-53)91-79(96-84)54-25-9-3-10-26-54/h1-51H. The van der Waals surface area contributed by atoms with Gasteiger partial charge in [0, 0.05) is 88.8 Å². The number of furan rings is 2. The van der Waals surface area contributed by atoms with Gasteiger partial charge in [0.1, 0.15) is 22.3 Å². The van der Waals surface area contributed by atoms with E-state index in [2.05, 4.69) is 35.3 Å². The Morgan fingerprint density at radius 3 is 1.25 bits per heavy atom. The van der Waals surface area contributed by atoms with E-state index in [0.29, 0.717) is 102 Å². The minimum absolute atomic E-state index is 0.252. The molecule has 0 aliphatic heterocycles. The van der Waals surface area contributed by atoms with Crippen LogP contribution in [0.2, 0.25) is 0 Å². The molecule has 0 N–H and O–H groups in total. The molecule has 106 heavy (non-hydrogen) atoms. The summed E-state index contributed by atoms with van der Waals surface area (Å²) in [5, 5.41) is 4.13. The lowest BCUT2D eigenvalue weighted by Gasteiger charge is -2.12. The summed E-state index contributed by atoms with van der Waals surface area (Å²) in [6, 6.07) is 98.6. The first kappa shape index (κ1) is 60.9. The highest BCUT2D eigenvalue weighted by Crippen LogP contribution is 2.42. The van der Waals surface area contributed by atoms with Crippen molar-refractivity contribution in [2.75, 3.05) is 0 Å². The maximum atomic E-state index is 14.9. The van der Waals surface area contributed by atoms with E-state index in [9.17, 15) is 9.59 Å². The van der Waals surface area contributed by atoms with Crippen molar-refractivity contribution in [3.8, 4) is 136 Å². The summed E-state index contributed by atoms with van der Waals surface area (Å²) in [5.74, 6) is 4.03. The van der Waals surface area contributed by atoms with Crippen LogP contribution in [0.15, 0.2) is 328 Å². The van der Waals surface area contributed by atoms with Crippen molar-refractivity contribution in [3.05, 3.63) is 330 Å². The van der Waals surface area contributed by atoms with Gasteiger partial charge < -0.3 is 8.83 Å². The predicted octanol–water partition coefficient (Wildman–Crippen LogP) is 19.2. The first-order valence-corrected chi connectivity index (χ1v) is 34.4. The van der Waals surface area contributed by atoms with Crippen molar-refractivity contribution in [1.82, 2.24) is 63.6 Å². The fraction of sp³-hybridized carbons (Fsp3) is 0. The van der Waals surface area contributed by atoms with E-state index in [4.69, 9.17) is 58.7 Å². The van der Waals surface area contributed by atoms with Gasteiger partial charge in [-0.3, -0.25) is 4.40 Å². The van der Waals surface area contributed by atoms with Crippen molar-refractivity contribution in [2.24, 2.45) is 0 Å². The molecular weight excluding hydrogens is 1320 g/mol. The Kier molecular flexibility index (Phi) is 14.4. The molecule has 0 radical (unpaired) electrons. The molecule has 20 aromatic rings. The average Bonchev–Trinajstić information content (AvgIpc) is 1.27. The highest BCUT2D eigenvalue weighted by atomic mass is 16.3. The number of para-hydroxylation sites is 1. The summed E-state index contributed by atoms with van der Waals surface area (Å²) >= 11 is 0. The quantitative estimate of drug-likeness (QED) is 0.104. The fourth-order valence-corrected chi connectivity index (χ4v) is 14.2. The fourth-order valence-electron chi connectivity index (χ4n) is 14.2. The first-order chi connectivity index (χ1) is 52.3. The maximum absolute atomic E-state index is 14.9. The molecule has 0 atom stereocenters. The number of rotatable bonds is 12. The Balaban J connectivity index is 0.638. The SMILES string of the molecule is O=c1nc(-c2ccccc2)nc2c(-c3cccc4oc5ccc(-c6cccc(-c7nc(-c8ccccc8)nc(-c8cccc(-c9cccc(-c%10nc(=O)n%11c(-c%12ccc%13c(c%12)oc%12cccc(-c%14nc(-c%15ccccc%15)nc(-c%15ccccc%15)n%14)c%12%13)nc%12ccccc%12c%11n%10)c9)c8)n7)c6)cc5c34)cccn12. The summed E-state index contributed by atoms with van der Waals surface area (Å²) in [4.78, 5) is 83.4. The number of pyridine rings is 1. The normalized spacial score (nSPS) is 11.7. The number of aromatic nitrogens is 13. The van der Waals surface area contributed by atoms with E-state index in [0.717, 1.165) is 93.9 Å². The van der Waals surface area contributed by atoms with Gasteiger partial charge in [-0.1, -0.05) is 224 Å². The second-order valence-electron chi connectivity index (χ2n) is 25.7.